The van der Waals surface area contributed by atoms with E-state index in [0.717, 1.165) is 5.56 Å². The van der Waals surface area contributed by atoms with Crippen LogP contribution in [0.1, 0.15) is 42.7 Å². The number of phenolic OH excluding ortho intramolecular Hbond substituents is 1. The Morgan fingerprint density at radius 2 is 1.42 bits per heavy atom. The Kier molecular flexibility index (Phi) is 8.50. The molecule has 1 N–H and O–H groups in total. The molecule has 6 atom stereocenters. The summed E-state index contributed by atoms with van der Waals surface area (Å²) in [5, 5.41) is 10.5. The van der Waals surface area contributed by atoms with Gasteiger partial charge in [-0.25, -0.2) is 26.9 Å². The summed E-state index contributed by atoms with van der Waals surface area (Å²) in [5.74, 6) is -20.9. The van der Waals surface area contributed by atoms with Crippen molar-refractivity contribution in [3.8, 4) is 5.75 Å². The van der Waals surface area contributed by atoms with E-state index >= 15 is 8.78 Å². The summed E-state index contributed by atoms with van der Waals surface area (Å²) in [6, 6.07) is 14.9. The highest BCUT2D eigenvalue weighted by molar-refractivity contribution is 6.58. The number of anilines is 1. The molecule has 15 heteroatoms. The van der Waals surface area contributed by atoms with Gasteiger partial charge in [-0.15, -0.1) is 23.2 Å². The molecule has 1 saturated carbocycles. The van der Waals surface area contributed by atoms with Crippen molar-refractivity contribution < 1.29 is 46.2 Å². The first-order chi connectivity index (χ1) is 25.2. The van der Waals surface area contributed by atoms with Gasteiger partial charge in [0.05, 0.1) is 11.8 Å². The van der Waals surface area contributed by atoms with Gasteiger partial charge in [0.2, 0.25) is 17.6 Å². The molecule has 5 aliphatic rings. The standard InChI is InChI=1S/C38H30Cl2F5N3O5/c39-37-16-24-22(9-10-23-25(24)34(51)47(33(23)50)20-11-13-46(14-12-20)17-18-5-2-1-3-6-18)26(19-7-4-8-21(49)15-19)38(37,40)36(53)48(35(37)52)32-30(44)28(42)27(41)29(43)31(32)45/h1-9,15,20,23-26,49H,10-14,16-17H2/t23-,24+,25-,26-,37+,38-/m0/s1. The lowest BCUT2D eigenvalue weighted by Gasteiger charge is -2.50. The zero-order valence-electron chi connectivity index (χ0n) is 27.7. The third kappa shape index (κ3) is 5.02. The maximum absolute atomic E-state index is 15.2. The number of allylic oxidation sites excluding steroid dienone is 2. The maximum atomic E-state index is 15.2. The second kappa shape index (κ2) is 12.6. The van der Waals surface area contributed by atoms with Crippen molar-refractivity contribution in [1.29, 1.82) is 0 Å². The number of halogens is 7. The summed E-state index contributed by atoms with van der Waals surface area (Å²) < 4.78 is 73.4. The number of imide groups is 2. The molecule has 0 unspecified atom stereocenters. The Balaban J connectivity index is 1.17. The van der Waals surface area contributed by atoms with E-state index in [0.29, 0.717) is 38.0 Å². The van der Waals surface area contributed by atoms with Gasteiger partial charge in [-0.1, -0.05) is 54.1 Å². The van der Waals surface area contributed by atoms with Crippen LogP contribution in [0.3, 0.4) is 0 Å². The van der Waals surface area contributed by atoms with E-state index in [4.69, 9.17) is 23.2 Å². The molecule has 53 heavy (non-hydrogen) atoms. The van der Waals surface area contributed by atoms with E-state index in [2.05, 4.69) is 4.90 Å². The van der Waals surface area contributed by atoms with Crippen molar-refractivity contribution in [2.24, 2.45) is 17.8 Å². The molecule has 8 nitrogen and oxygen atoms in total. The van der Waals surface area contributed by atoms with Crippen LogP contribution in [0.2, 0.25) is 0 Å². The highest BCUT2D eigenvalue weighted by Gasteiger charge is 2.77. The summed E-state index contributed by atoms with van der Waals surface area (Å²) >= 11 is 14.3. The third-order valence-corrected chi connectivity index (χ3v) is 13.0. The van der Waals surface area contributed by atoms with Crippen LogP contribution in [0.25, 0.3) is 0 Å². The van der Waals surface area contributed by atoms with E-state index in [9.17, 15) is 37.5 Å². The van der Waals surface area contributed by atoms with Gasteiger partial charge < -0.3 is 5.11 Å². The molecule has 3 aliphatic heterocycles. The first-order valence-electron chi connectivity index (χ1n) is 17.1. The Labute approximate surface area is 309 Å². The number of carbonyl (C=O) groups is 4. The molecule has 0 aromatic heterocycles. The Morgan fingerprint density at radius 3 is 2.06 bits per heavy atom. The van der Waals surface area contributed by atoms with Gasteiger partial charge in [0, 0.05) is 31.6 Å². The van der Waals surface area contributed by atoms with Crippen LogP contribution in [-0.4, -0.2) is 67.4 Å². The first-order valence-corrected chi connectivity index (χ1v) is 17.9. The summed E-state index contributed by atoms with van der Waals surface area (Å²) in [4.78, 5) is 55.2. The fraction of sp³-hybridized carbons (Fsp3) is 0.368. The summed E-state index contributed by atoms with van der Waals surface area (Å²) in [7, 11) is 0. The van der Waals surface area contributed by atoms with Crippen LogP contribution in [0, 0.1) is 46.8 Å². The van der Waals surface area contributed by atoms with Gasteiger partial charge in [-0.2, -0.15) is 0 Å². The molecule has 4 fully saturated rings. The van der Waals surface area contributed by atoms with Crippen LogP contribution < -0.4 is 4.90 Å². The molecule has 4 amide bonds. The normalized spacial score (nSPS) is 30.4. The predicted octanol–water partition coefficient (Wildman–Crippen LogP) is 6.32. The fourth-order valence-corrected chi connectivity index (χ4v) is 10.1. The van der Waals surface area contributed by atoms with E-state index < -0.39 is 104 Å². The number of piperidine rings is 1. The highest BCUT2D eigenvalue weighted by Crippen LogP contribution is 2.66. The van der Waals surface area contributed by atoms with Crippen molar-refractivity contribution in [1.82, 2.24) is 9.80 Å². The van der Waals surface area contributed by atoms with Gasteiger partial charge >= 0.3 is 0 Å². The second-order valence-corrected chi connectivity index (χ2v) is 15.6. The molecule has 0 bridgehead atoms. The minimum Gasteiger partial charge on any atom is -0.508 e. The lowest BCUT2D eigenvalue weighted by molar-refractivity contribution is -0.144. The number of hydrogen-bond acceptors (Lipinski definition) is 6. The number of hydrogen-bond donors (Lipinski definition) is 1. The van der Waals surface area contributed by atoms with Crippen LogP contribution in [0.4, 0.5) is 27.6 Å². The Morgan fingerprint density at radius 1 is 0.774 bits per heavy atom. The minimum atomic E-state index is -2.65. The predicted molar refractivity (Wildman–Crippen MR) is 181 cm³/mol. The van der Waals surface area contributed by atoms with E-state index in [1.54, 1.807) is 6.08 Å². The van der Waals surface area contributed by atoms with Crippen LogP contribution in [0.5, 0.6) is 5.75 Å². The minimum absolute atomic E-state index is 0.0471. The number of carbonyl (C=O) groups excluding carboxylic acids is 4. The molecule has 3 aromatic carbocycles. The number of fused-ring (bicyclic) bond motifs is 4. The average Bonchev–Trinajstić information content (AvgIpc) is 3.48. The number of likely N-dealkylation sites (tertiary alicyclic amines) is 2. The van der Waals surface area contributed by atoms with Gasteiger partial charge in [-0.05, 0) is 54.9 Å². The summed E-state index contributed by atoms with van der Waals surface area (Å²) in [6.07, 6.45) is 2.14. The third-order valence-electron chi connectivity index (χ3n) is 11.6. The monoisotopic (exact) mass is 773 g/mol. The topological polar surface area (TPSA) is 98.2 Å². The molecule has 3 heterocycles. The SMILES string of the molecule is O=C1[C@H]2[C@H](CC=C3[C@H]2C[C@@]2(Cl)C(=O)N(c4c(F)c(F)c(F)c(F)c4F)C(=O)[C@@]2(Cl)[C@H]3c2cccc(O)c2)C(=O)N1C1CCN(Cc2ccccc2)CC1. The van der Waals surface area contributed by atoms with Crippen molar-refractivity contribution in [3.63, 3.8) is 0 Å². The van der Waals surface area contributed by atoms with Crippen LogP contribution in [-0.2, 0) is 25.7 Å². The molecule has 0 spiro atoms. The van der Waals surface area contributed by atoms with Crippen molar-refractivity contribution in [2.75, 3.05) is 18.0 Å². The zero-order chi connectivity index (χ0) is 37.7. The lowest BCUT2D eigenvalue weighted by atomic mass is 9.56. The average molecular weight is 775 g/mol. The lowest BCUT2D eigenvalue weighted by Crippen LogP contribution is -2.60. The van der Waals surface area contributed by atoms with Gasteiger partial charge in [0.15, 0.2) is 33.0 Å². The largest absolute Gasteiger partial charge is 0.508 e. The quantitative estimate of drug-likeness (QED) is 0.0815. The Bertz CT molecular complexity index is 2100. The van der Waals surface area contributed by atoms with Crippen LogP contribution >= 0.6 is 23.2 Å². The van der Waals surface area contributed by atoms with Gasteiger partial charge in [-0.3, -0.25) is 29.0 Å². The molecule has 3 saturated heterocycles. The Hall–Kier alpha value is -4.33. The number of rotatable bonds is 5. The number of amides is 4. The number of alkyl halides is 2. The van der Waals surface area contributed by atoms with Gasteiger partial charge in [0.25, 0.3) is 11.8 Å². The summed E-state index contributed by atoms with van der Waals surface area (Å²) in [6.45, 7) is 1.96. The smallest absolute Gasteiger partial charge is 0.258 e. The number of benzene rings is 3. The molecular weight excluding hydrogens is 744 g/mol. The molecule has 276 valence electrons. The molecule has 2 aliphatic carbocycles. The maximum Gasteiger partial charge on any atom is 0.258 e. The number of nitrogens with zero attached hydrogens (tertiary/aromatic N) is 3. The highest BCUT2D eigenvalue weighted by atomic mass is 35.5. The van der Waals surface area contributed by atoms with Crippen molar-refractivity contribution in [2.45, 2.75) is 53.9 Å². The zero-order valence-corrected chi connectivity index (χ0v) is 29.2. The van der Waals surface area contributed by atoms with E-state index in [1.165, 1.54) is 29.2 Å². The summed E-state index contributed by atoms with van der Waals surface area (Å²) in [5.41, 5.74) is -0.262. The van der Waals surface area contributed by atoms with Crippen LogP contribution in [0.15, 0.2) is 66.2 Å². The van der Waals surface area contributed by atoms with E-state index in [1.807, 2.05) is 30.3 Å². The first kappa shape index (κ1) is 35.7. The van der Waals surface area contributed by atoms with Crippen molar-refractivity contribution in [3.05, 3.63) is 106 Å². The van der Waals surface area contributed by atoms with Gasteiger partial charge in [0.1, 0.15) is 11.4 Å². The second-order valence-electron chi connectivity index (χ2n) is 14.3. The number of aromatic hydroxyl groups is 1. The van der Waals surface area contributed by atoms with Crippen molar-refractivity contribution >= 4 is 52.5 Å². The number of phenols is 1. The molecule has 8 rings (SSSR count). The molecule has 3 aromatic rings. The molecule has 0 radical (unpaired) electrons. The van der Waals surface area contributed by atoms with E-state index in [-0.39, 0.29) is 22.6 Å². The molecular formula is C38H30Cl2F5N3O5. The fourth-order valence-electron chi connectivity index (χ4n) is 9.21.